The van der Waals surface area contributed by atoms with Gasteiger partial charge >= 0.3 is 0 Å². The highest BCUT2D eigenvalue weighted by atomic mass is 32.2. The molecule has 1 fully saturated rings. The van der Waals surface area contributed by atoms with Gasteiger partial charge < -0.3 is 9.73 Å². The van der Waals surface area contributed by atoms with Crippen LogP contribution in [0.15, 0.2) is 58.3 Å². The van der Waals surface area contributed by atoms with Crippen molar-refractivity contribution in [3.63, 3.8) is 0 Å². The maximum atomic E-state index is 12.3. The van der Waals surface area contributed by atoms with Crippen molar-refractivity contribution in [3.05, 3.63) is 54.5 Å². The number of carbonyl (C=O) groups excluding carboxylic acids is 1. The third-order valence-electron chi connectivity index (χ3n) is 4.22. The maximum Gasteiger partial charge on any atom is 0.233 e. The third-order valence-corrected chi connectivity index (χ3v) is 5.30. The Balaban J connectivity index is 1.60. The summed E-state index contributed by atoms with van der Waals surface area (Å²) in [5.74, 6) is 1.63. The lowest BCUT2D eigenvalue weighted by molar-refractivity contribution is -0.120. The second-order valence-electron chi connectivity index (χ2n) is 6.38. The van der Waals surface area contributed by atoms with Gasteiger partial charge in [-0.3, -0.25) is 9.36 Å². The number of hydrogen-bond donors (Lipinski definition) is 1. The number of amides is 1. The molecule has 0 saturated heterocycles. The predicted octanol–water partition coefficient (Wildman–Crippen LogP) is 3.35. The van der Waals surface area contributed by atoms with Crippen LogP contribution < -0.4 is 5.32 Å². The van der Waals surface area contributed by atoms with Gasteiger partial charge in [0.05, 0.1) is 18.1 Å². The summed E-state index contributed by atoms with van der Waals surface area (Å²) in [5, 5.41) is 12.2. The lowest BCUT2D eigenvalue weighted by Crippen LogP contribution is -2.32. The van der Waals surface area contributed by atoms with E-state index in [1.807, 2.05) is 54.0 Å². The molecule has 2 aromatic heterocycles. The van der Waals surface area contributed by atoms with E-state index >= 15 is 0 Å². The Morgan fingerprint density at radius 3 is 2.77 bits per heavy atom. The predicted molar refractivity (Wildman–Crippen MR) is 99.8 cm³/mol. The number of nitrogens with zero attached hydrogens (tertiary/aromatic N) is 3. The minimum Gasteiger partial charge on any atom is -0.467 e. The zero-order valence-corrected chi connectivity index (χ0v) is 15.3. The molecule has 0 bridgehead atoms. The molecule has 134 valence electrons. The molecule has 6 nitrogen and oxygen atoms in total. The van der Waals surface area contributed by atoms with E-state index in [0.29, 0.717) is 17.7 Å². The Bertz CT molecular complexity index is 872. The lowest BCUT2D eigenvalue weighted by Gasteiger charge is -2.13. The van der Waals surface area contributed by atoms with Crippen molar-refractivity contribution >= 4 is 17.7 Å². The Kier molecular flexibility index (Phi) is 4.79. The van der Waals surface area contributed by atoms with Crippen molar-refractivity contribution in [1.29, 1.82) is 0 Å². The van der Waals surface area contributed by atoms with E-state index < -0.39 is 0 Å². The molecule has 3 aromatic rings. The minimum atomic E-state index is -0.237. The fourth-order valence-electron chi connectivity index (χ4n) is 2.64. The molecule has 7 heteroatoms. The van der Waals surface area contributed by atoms with Crippen molar-refractivity contribution in [1.82, 2.24) is 20.1 Å². The highest BCUT2D eigenvalue weighted by Crippen LogP contribution is 2.28. The molecule has 1 aliphatic carbocycles. The average molecular weight is 368 g/mol. The molecule has 1 aliphatic rings. The van der Waals surface area contributed by atoms with E-state index in [2.05, 4.69) is 15.5 Å². The summed E-state index contributed by atoms with van der Waals surface area (Å²) in [5.41, 5.74) is 0.980. The van der Waals surface area contributed by atoms with Gasteiger partial charge in [-0.1, -0.05) is 42.1 Å². The first-order valence-corrected chi connectivity index (χ1v) is 9.56. The molecule has 0 spiro atoms. The standard InChI is InChI=1S/C19H20N4O2S/c1-13(18(24)20-15-9-10-15)26-19-22-21-17(14-6-3-2-4-7-14)23(19)12-16-8-5-11-25-16/h2-8,11,13,15H,9-10,12H2,1H3,(H,20,24)/t13-/m1/s1. The topological polar surface area (TPSA) is 73.0 Å². The number of furan rings is 1. The molecule has 1 atom stereocenters. The Morgan fingerprint density at radius 2 is 2.08 bits per heavy atom. The summed E-state index contributed by atoms with van der Waals surface area (Å²) in [6.07, 6.45) is 3.81. The van der Waals surface area contributed by atoms with Crippen LogP contribution in [0.4, 0.5) is 0 Å². The molecule has 1 saturated carbocycles. The molecular formula is C19H20N4O2S. The fourth-order valence-corrected chi connectivity index (χ4v) is 3.49. The summed E-state index contributed by atoms with van der Waals surface area (Å²) in [6.45, 7) is 2.42. The summed E-state index contributed by atoms with van der Waals surface area (Å²) in [7, 11) is 0. The second-order valence-corrected chi connectivity index (χ2v) is 7.69. The Labute approximate surface area is 156 Å². The van der Waals surface area contributed by atoms with E-state index in [4.69, 9.17) is 4.42 Å². The molecule has 1 N–H and O–H groups in total. The van der Waals surface area contributed by atoms with E-state index in [1.54, 1.807) is 6.26 Å². The SMILES string of the molecule is C[C@@H](Sc1nnc(-c2ccccc2)n1Cc1ccco1)C(=O)NC1CC1. The van der Waals surface area contributed by atoms with Crippen LogP contribution in [0.1, 0.15) is 25.5 Å². The minimum absolute atomic E-state index is 0.0475. The van der Waals surface area contributed by atoms with Crippen molar-refractivity contribution in [2.45, 2.75) is 42.8 Å². The summed E-state index contributed by atoms with van der Waals surface area (Å²) in [4.78, 5) is 12.3. The van der Waals surface area contributed by atoms with Crippen molar-refractivity contribution < 1.29 is 9.21 Å². The van der Waals surface area contributed by atoms with Gasteiger partial charge in [0.1, 0.15) is 5.76 Å². The van der Waals surface area contributed by atoms with Crippen LogP contribution in [0.25, 0.3) is 11.4 Å². The van der Waals surface area contributed by atoms with Crippen LogP contribution in [0.3, 0.4) is 0 Å². The number of nitrogens with one attached hydrogen (secondary N) is 1. The van der Waals surface area contributed by atoms with Crippen LogP contribution in [0.5, 0.6) is 0 Å². The lowest BCUT2D eigenvalue weighted by atomic mass is 10.2. The molecule has 0 unspecified atom stereocenters. The van der Waals surface area contributed by atoms with E-state index in [1.165, 1.54) is 11.8 Å². The highest BCUT2D eigenvalue weighted by molar-refractivity contribution is 8.00. The first-order chi connectivity index (χ1) is 12.7. The van der Waals surface area contributed by atoms with Crippen LogP contribution in [0.2, 0.25) is 0 Å². The molecule has 26 heavy (non-hydrogen) atoms. The highest BCUT2D eigenvalue weighted by Gasteiger charge is 2.27. The smallest absolute Gasteiger partial charge is 0.233 e. The number of benzene rings is 1. The zero-order chi connectivity index (χ0) is 17.9. The van der Waals surface area contributed by atoms with Gasteiger partial charge in [0.25, 0.3) is 0 Å². The second kappa shape index (κ2) is 7.37. The Hall–Kier alpha value is -2.54. The van der Waals surface area contributed by atoms with Crippen molar-refractivity contribution in [2.75, 3.05) is 0 Å². The first kappa shape index (κ1) is 16.9. The summed E-state index contributed by atoms with van der Waals surface area (Å²) in [6, 6.07) is 14.1. The van der Waals surface area contributed by atoms with E-state index in [0.717, 1.165) is 30.0 Å². The zero-order valence-electron chi connectivity index (χ0n) is 14.5. The van der Waals surface area contributed by atoms with Gasteiger partial charge in [-0.25, -0.2) is 0 Å². The number of carbonyl (C=O) groups is 1. The van der Waals surface area contributed by atoms with Crippen LogP contribution in [0, 0.1) is 0 Å². The Morgan fingerprint density at radius 1 is 1.27 bits per heavy atom. The van der Waals surface area contributed by atoms with Crippen molar-refractivity contribution in [3.8, 4) is 11.4 Å². The fraction of sp³-hybridized carbons (Fsp3) is 0.316. The maximum absolute atomic E-state index is 12.3. The van der Waals surface area contributed by atoms with Gasteiger partial charge in [-0.2, -0.15) is 0 Å². The molecule has 4 rings (SSSR count). The largest absolute Gasteiger partial charge is 0.467 e. The van der Waals surface area contributed by atoms with Crippen LogP contribution in [-0.4, -0.2) is 32.0 Å². The molecule has 0 radical (unpaired) electrons. The number of rotatable bonds is 7. The molecular weight excluding hydrogens is 348 g/mol. The van der Waals surface area contributed by atoms with E-state index in [9.17, 15) is 4.79 Å². The summed E-state index contributed by atoms with van der Waals surface area (Å²) < 4.78 is 7.50. The molecule has 2 heterocycles. The average Bonchev–Trinajstić information content (AvgIpc) is 3.16. The molecule has 1 aromatic carbocycles. The van der Waals surface area contributed by atoms with Gasteiger partial charge in [-0.15, -0.1) is 10.2 Å². The number of thioether (sulfide) groups is 1. The van der Waals surface area contributed by atoms with Gasteiger partial charge in [0.2, 0.25) is 5.91 Å². The molecule has 1 amide bonds. The monoisotopic (exact) mass is 368 g/mol. The third kappa shape index (κ3) is 3.83. The normalized spacial score (nSPS) is 15.0. The number of aromatic nitrogens is 3. The van der Waals surface area contributed by atoms with Gasteiger partial charge in [0.15, 0.2) is 11.0 Å². The quantitative estimate of drug-likeness (QED) is 0.648. The van der Waals surface area contributed by atoms with Crippen LogP contribution in [-0.2, 0) is 11.3 Å². The summed E-state index contributed by atoms with van der Waals surface area (Å²) >= 11 is 1.42. The van der Waals surface area contributed by atoms with E-state index in [-0.39, 0.29) is 11.2 Å². The van der Waals surface area contributed by atoms with Gasteiger partial charge in [-0.05, 0) is 31.9 Å². The molecule has 0 aliphatic heterocycles. The first-order valence-electron chi connectivity index (χ1n) is 8.69. The number of hydrogen-bond acceptors (Lipinski definition) is 5. The van der Waals surface area contributed by atoms with Crippen LogP contribution >= 0.6 is 11.8 Å². The van der Waals surface area contributed by atoms with Gasteiger partial charge in [0, 0.05) is 11.6 Å². The van der Waals surface area contributed by atoms with Crippen molar-refractivity contribution in [2.24, 2.45) is 0 Å².